The summed E-state index contributed by atoms with van der Waals surface area (Å²) in [7, 11) is -3.37. The molecule has 1 aliphatic heterocycles. The van der Waals surface area contributed by atoms with E-state index in [1.165, 1.54) is 12.1 Å². The largest absolute Gasteiger partial charge is 0.372 e. The Hall–Kier alpha value is -3.89. The summed E-state index contributed by atoms with van der Waals surface area (Å²) in [6.07, 6.45) is 1.99. The van der Waals surface area contributed by atoms with Crippen molar-refractivity contribution in [3.8, 4) is 11.4 Å². The monoisotopic (exact) mass is 545 g/mol. The third-order valence-corrected chi connectivity index (χ3v) is 8.30. The first kappa shape index (κ1) is 26.7. The summed E-state index contributed by atoms with van der Waals surface area (Å²) in [6.45, 7) is 7.28. The summed E-state index contributed by atoms with van der Waals surface area (Å²) in [4.78, 5) is 29.3. The van der Waals surface area contributed by atoms with Gasteiger partial charge in [-0.15, -0.1) is 0 Å². The van der Waals surface area contributed by atoms with Crippen LogP contribution in [0.25, 0.3) is 22.3 Å². The highest BCUT2D eigenvalue weighted by Gasteiger charge is 2.23. The molecule has 1 fully saturated rings. The number of hydrogen-bond acceptors (Lipinski definition) is 8. The molecule has 1 aliphatic rings. The Balaban J connectivity index is 1.34. The van der Waals surface area contributed by atoms with Crippen LogP contribution in [0.2, 0.25) is 0 Å². The standard InChI is InChI=1S/C29H31N5O4S/c1-4-39(36,37)24-8-5-7-22(13-24)31-29(35)15-23-14-27-21(16-30-23)11-12-26(32-27)25-9-6-10-28(33-25)34-17-19(2)38-20(3)18-34/h5-14,16,19-20H,4,15,17-18H2,1-3H3,(H,31,35)/t19-,20+. The van der Waals surface area contributed by atoms with Crippen molar-refractivity contribution in [2.45, 2.75) is 44.3 Å². The average Bonchev–Trinajstić information content (AvgIpc) is 2.92. The van der Waals surface area contributed by atoms with Gasteiger partial charge in [-0.1, -0.05) is 19.1 Å². The Kier molecular flexibility index (Phi) is 7.58. The third-order valence-electron chi connectivity index (χ3n) is 6.57. The van der Waals surface area contributed by atoms with Gasteiger partial charge in [0.15, 0.2) is 9.84 Å². The fourth-order valence-electron chi connectivity index (χ4n) is 4.71. The van der Waals surface area contributed by atoms with E-state index in [0.717, 1.165) is 35.7 Å². The minimum absolute atomic E-state index is 0.00810. The quantitative estimate of drug-likeness (QED) is 0.366. The lowest BCUT2D eigenvalue weighted by molar-refractivity contribution is -0.115. The second kappa shape index (κ2) is 11.1. The van der Waals surface area contributed by atoms with E-state index in [4.69, 9.17) is 14.7 Å². The lowest BCUT2D eigenvalue weighted by Gasteiger charge is -2.36. The number of sulfone groups is 1. The van der Waals surface area contributed by atoms with Crippen molar-refractivity contribution >= 4 is 38.2 Å². The Morgan fingerprint density at radius 1 is 1.00 bits per heavy atom. The van der Waals surface area contributed by atoms with Crippen LogP contribution in [0.1, 0.15) is 26.5 Å². The lowest BCUT2D eigenvalue weighted by Crippen LogP contribution is -2.45. The molecule has 39 heavy (non-hydrogen) atoms. The minimum Gasteiger partial charge on any atom is -0.372 e. The van der Waals surface area contributed by atoms with Crippen molar-refractivity contribution < 1.29 is 17.9 Å². The number of pyridine rings is 3. The number of fused-ring (bicyclic) bond motifs is 1. The van der Waals surface area contributed by atoms with Gasteiger partial charge in [0, 0.05) is 30.4 Å². The molecule has 0 spiro atoms. The molecule has 202 valence electrons. The summed E-state index contributed by atoms with van der Waals surface area (Å²) in [5, 5.41) is 3.62. The second-order valence-corrected chi connectivity index (χ2v) is 12.0. The number of carbonyl (C=O) groups excluding carboxylic acids is 1. The van der Waals surface area contributed by atoms with Crippen molar-refractivity contribution in [3.63, 3.8) is 0 Å². The van der Waals surface area contributed by atoms with Crippen LogP contribution in [0.5, 0.6) is 0 Å². The first-order valence-electron chi connectivity index (χ1n) is 13.0. The van der Waals surface area contributed by atoms with E-state index in [9.17, 15) is 13.2 Å². The van der Waals surface area contributed by atoms with Crippen LogP contribution < -0.4 is 10.2 Å². The second-order valence-electron chi connectivity index (χ2n) is 9.76. The Labute approximate surface area is 228 Å². The average molecular weight is 546 g/mol. The number of anilines is 2. The van der Waals surface area contributed by atoms with Gasteiger partial charge in [-0.25, -0.2) is 18.4 Å². The molecule has 1 aromatic carbocycles. The van der Waals surface area contributed by atoms with E-state index < -0.39 is 9.84 Å². The number of rotatable bonds is 7. The van der Waals surface area contributed by atoms with Crippen molar-refractivity contribution in [2.75, 3.05) is 29.1 Å². The molecule has 1 saturated heterocycles. The van der Waals surface area contributed by atoms with E-state index in [1.54, 1.807) is 31.3 Å². The first-order valence-corrected chi connectivity index (χ1v) is 14.6. The third kappa shape index (κ3) is 6.23. The molecule has 2 atom stereocenters. The molecular weight excluding hydrogens is 514 g/mol. The predicted molar refractivity (Wildman–Crippen MR) is 151 cm³/mol. The maximum absolute atomic E-state index is 12.7. The number of carbonyl (C=O) groups is 1. The molecule has 4 aromatic rings. The summed E-state index contributed by atoms with van der Waals surface area (Å²) < 4.78 is 30.2. The Morgan fingerprint density at radius 3 is 2.51 bits per heavy atom. The maximum atomic E-state index is 12.7. The van der Waals surface area contributed by atoms with Crippen LogP contribution in [-0.2, 0) is 25.8 Å². The van der Waals surface area contributed by atoms with Crippen LogP contribution in [-0.4, -0.2) is 60.3 Å². The SMILES string of the molecule is CCS(=O)(=O)c1cccc(NC(=O)Cc2cc3nc(-c4cccc(N5C[C@@H](C)O[C@@H](C)C5)n4)ccc3cn2)c1. The molecule has 0 bridgehead atoms. The number of amides is 1. The molecule has 0 saturated carbocycles. The molecule has 4 heterocycles. The Bertz CT molecular complexity index is 1620. The number of benzene rings is 1. The van der Waals surface area contributed by atoms with E-state index in [-0.39, 0.29) is 35.2 Å². The summed E-state index contributed by atoms with van der Waals surface area (Å²) in [6, 6.07) is 17.9. The van der Waals surface area contributed by atoms with Gasteiger partial charge < -0.3 is 15.0 Å². The van der Waals surface area contributed by atoms with E-state index in [0.29, 0.717) is 16.9 Å². The van der Waals surface area contributed by atoms with E-state index in [2.05, 4.69) is 29.0 Å². The van der Waals surface area contributed by atoms with Crippen molar-refractivity contribution in [3.05, 3.63) is 72.6 Å². The molecule has 1 N–H and O–H groups in total. The van der Waals surface area contributed by atoms with Crippen molar-refractivity contribution in [1.82, 2.24) is 15.0 Å². The molecule has 10 heteroatoms. The molecule has 0 aliphatic carbocycles. The van der Waals surface area contributed by atoms with Gasteiger partial charge in [0.25, 0.3) is 0 Å². The zero-order chi connectivity index (χ0) is 27.6. The van der Waals surface area contributed by atoms with Gasteiger partial charge in [-0.3, -0.25) is 9.78 Å². The zero-order valence-corrected chi connectivity index (χ0v) is 23.0. The number of hydrogen-bond donors (Lipinski definition) is 1. The molecule has 0 radical (unpaired) electrons. The van der Waals surface area contributed by atoms with Gasteiger partial charge >= 0.3 is 0 Å². The van der Waals surface area contributed by atoms with Crippen molar-refractivity contribution in [2.24, 2.45) is 0 Å². The topological polar surface area (TPSA) is 114 Å². The fraction of sp³-hybridized carbons (Fsp3) is 0.310. The Morgan fingerprint density at radius 2 is 1.74 bits per heavy atom. The van der Waals surface area contributed by atoms with Crippen LogP contribution in [0.15, 0.2) is 71.8 Å². The number of morpholine rings is 1. The first-order chi connectivity index (χ1) is 18.7. The van der Waals surface area contributed by atoms with Crippen LogP contribution >= 0.6 is 0 Å². The molecule has 9 nitrogen and oxygen atoms in total. The number of ether oxygens (including phenoxy) is 1. The minimum atomic E-state index is -3.37. The predicted octanol–water partition coefficient (Wildman–Crippen LogP) is 4.28. The number of nitrogens with one attached hydrogen (secondary N) is 1. The molecule has 3 aromatic heterocycles. The van der Waals surface area contributed by atoms with Gasteiger partial charge in [0.2, 0.25) is 5.91 Å². The van der Waals surface area contributed by atoms with Gasteiger partial charge in [-0.2, -0.15) is 0 Å². The number of nitrogens with zero attached hydrogens (tertiary/aromatic N) is 4. The van der Waals surface area contributed by atoms with Gasteiger partial charge in [0.05, 0.1) is 51.9 Å². The summed E-state index contributed by atoms with van der Waals surface area (Å²) in [5.41, 5.74) is 3.18. The molecule has 5 rings (SSSR count). The fourth-order valence-corrected chi connectivity index (χ4v) is 5.63. The zero-order valence-electron chi connectivity index (χ0n) is 22.2. The highest BCUT2D eigenvalue weighted by molar-refractivity contribution is 7.91. The van der Waals surface area contributed by atoms with Crippen LogP contribution in [0, 0.1) is 0 Å². The normalized spacial score (nSPS) is 17.8. The van der Waals surface area contributed by atoms with Crippen LogP contribution in [0.4, 0.5) is 11.5 Å². The van der Waals surface area contributed by atoms with E-state index >= 15 is 0 Å². The number of aromatic nitrogens is 3. The van der Waals surface area contributed by atoms with Gasteiger partial charge in [0.1, 0.15) is 5.82 Å². The summed E-state index contributed by atoms with van der Waals surface area (Å²) in [5.74, 6) is 0.581. The van der Waals surface area contributed by atoms with E-state index in [1.807, 2.05) is 30.3 Å². The smallest absolute Gasteiger partial charge is 0.230 e. The maximum Gasteiger partial charge on any atom is 0.230 e. The highest BCUT2D eigenvalue weighted by Crippen LogP contribution is 2.24. The molecule has 0 unspecified atom stereocenters. The van der Waals surface area contributed by atoms with Gasteiger partial charge in [-0.05, 0) is 62.4 Å². The lowest BCUT2D eigenvalue weighted by atomic mass is 10.1. The molecular formula is C29H31N5O4S. The highest BCUT2D eigenvalue weighted by atomic mass is 32.2. The molecule has 1 amide bonds. The van der Waals surface area contributed by atoms with Crippen molar-refractivity contribution in [1.29, 1.82) is 0 Å². The summed E-state index contributed by atoms with van der Waals surface area (Å²) >= 11 is 0. The van der Waals surface area contributed by atoms with Crippen LogP contribution in [0.3, 0.4) is 0 Å².